The summed E-state index contributed by atoms with van der Waals surface area (Å²) in [6, 6.07) is 5.34. The zero-order valence-electron chi connectivity index (χ0n) is 11.3. The van der Waals surface area contributed by atoms with Crippen molar-refractivity contribution in [2.45, 2.75) is 18.9 Å². The van der Waals surface area contributed by atoms with Gasteiger partial charge >= 0.3 is 0 Å². The van der Waals surface area contributed by atoms with Crippen LogP contribution in [-0.2, 0) is 0 Å². The highest BCUT2D eigenvalue weighted by atomic mass is 35.5. The lowest BCUT2D eigenvalue weighted by atomic mass is 9.99. The minimum atomic E-state index is 0. The minimum absolute atomic E-state index is 0. The maximum Gasteiger partial charge on any atom is 0.119 e. The maximum absolute atomic E-state index is 9.65. The molecule has 0 bridgehead atoms. The van der Waals surface area contributed by atoms with Crippen LogP contribution in [0.2, 0.25) is 0 Å². The summed E-state index contributed by atoms with van der Waals surface area (Å²) in [5, 5.41) is 22.7. The van der Waals surface area contributed by atoms with Gasteiger partial charge in [-0.3, -0.25) is 4.90 Å². The van der Waals surface area contributed by atoms with Crippen LogP contribution >= 0.6 is 24.8 Å². The van der Waals surface area contributed by atoms with E-state index in [1.165, 1.54) is 18.9 Å². The molecule has 1 heterocycles. The Balaban J connectivity index is 0.000001000. The van der Waals surface area contributed by atoms with Crippen LogP contribution in [-0.4, -0.2) is 41.3 Å². The first kappa shape index (κ1) is 17.4. The van der Waals surface area contributed by atoms with Gasteiger partial charge in [-0.05, 0) is 36.5 Å². The second kappa shape index (κ2) is 7.36. The van der Waals surface area contributed by atoms with Crippen LogP contribution in [0.1, 0.15) is 24.4 Å². The minimum Gasteiger partial charge on any atom is -0.508 e. The first-order valence-electron chi connectivity index (χ1n) is 6.72. The molecule has 1 saturated carbocycles. The Bertz CT molecular complexity index is 415. The fraction of sp³-hybridized carbons (Fsp3) is 0.571. The van der Waals surface area contributed by atoms with Gasteiger partial charge in [-0.15, -0.1) is 24.8 Å². The summed E-state index contributed by atoms with van der Waals surface area (Å²) in [4.78, 5) is 2.47. The summed E-state index contributed by atoms with van der Waals surface area (Å²) in [6.07, 6.45) is 2.51. The standard InChI is InChI=1S/C14H20N2O2.2ClH/c17-12-7-11(8-13(18)9-12)14(10-1-2-10)16-5-3-15-4-6-16;;/h7-10,14-15,17-18H,1-6H2;2*1H/t14-;;/m0../s1. The Morgan fingerprint density at radius 1 is 1.00 bits per heavy atom. The van der Waals surface area contributed by atoms with Gasteiger partial charge in [0, 0.05) is 38.3 Å². The van der Waals surface area contributed by atoms with Crippen molar-refractivity contribution in [3.63, 3.8) is 0 Å². The topological polar surface area (TPSA) is 55.7 Å². The number of halogens is 2. The van der Waals surface area contributed by atoms with Gasteiger partial charge in [-0.1, -0.05) is 0 Å². The van der Waals surface area contributed by atoms with Gasteiger partial charge in [0.25, 0.3) is 0 Å². The normalized spacial score (nSPS) is 20.6. The third-order valence-corrected chi connectivity index (χ3v) is 3.88. The fourth-order valence-electron chi connectivity index (χ4n) is 2.94. The molecule has 1 aromatic carbocycles. The summed E-state index contributed by atoms with van der Waals surface area (Å²) in [7, 11) is 0. The Hall–Kier alpha value is -0.680. The molecule has 3 rings (SSSR count). The molecular formula is C14H22Cl2N2O2. The monoisotopic (exact) mass is 320 g/mol. The van der Waals surface area contributed by atoms with Gasteiger partial charge in [-0.25, -0.2) is 0 Å². The number of aromatic hydroxyl groups is 2. The number of nitrogens with zero attached hydrogens (tertiary/aromatic N) is 1. The van der Waals surface area contributed by atoms with E-state index in [1.807, 2.05) is 0 Å². The number of benzene rings is 1. The van der Waals surface area contributed by atoms with Crippen molar-refractivity contribution in [1.82, 2.24) is 10.2 Å². The Kier molecular flexibility index (Phi) is 6.40. The first-order valence-corrected chi connectivity index (χ1v) is 6.72. The molecule has 20 heavy (non-hydrogen) atoms. The lowest BCUT2D eigenvalue weighted by Crippen LogP contribution is -2.45. The van der Waals surface area contributed by atoms with Crippen LogP contribution in [0.5, 0.6) is 11.5 Å². The van der Waals surface area contributed by atoms with E-state index in [9.17, 15) is 10.2 Å². The molecule has 1 aromatic rings. The van der Waals surface area contributed by atoms with Crippen molar-refractivity contribution < 1.29 is 10.2 Å². The summed E-state index contributed by atoms with van der Waals surface area (Å²) in [5.41, 5.74) is 1.05. The maximum atomic E-state index is 9.65. The zero-order chi connectivity index (χ0) is 12.5. The zero-order valence-corrected chi connectivity index (χ0v) is 12.9. The third kappa shape index (κ3) is 3.92. The predicted molar refractivity (Wildman–Crippen MR) is 84.2 cm³/mol. The van der Waals surface area contributed by atoms with Gasteiger partial charge in [0.15, 0.2) is 0 Å². The van der Waals surface area contributed by atoms with E-state index < -0.39 is 0 Å². The highest BCUT2D eigenvalue weighted by Crippen LogP contribution is 2.45. The molecule has 114 valence electrons. The number of phenols is 2. The van der Waals surface area contributed by atoms with E-state index in [2.05, 4.69) is 10.2 Å². The molecule has 0 amide bonds. The van der Waals surface area contributed by atoms with Gasteiger partial charge < -0.3 is 15.5 Å². The molecule has 1 aliphatic heterocycles. The van der Waals surface area contributed by atoms with E-state index in [4.69, 9.17) is 0 Å². The molecule has 0 radical (unpaired) electrons. The van der Waals surface area contributed by atoms with Crippen LogP contribution in [0.15, 0.2) is 18.2 Å². The number of hydrogen-bond acceptors (Lipinski definition) is 4. The van der Waals surface area contributed by atoms with Crippen LogP contribution in [0.4, 0.5) is 0 Å². The van der Waals surface area contributed by atoms with Crippen molar-refractivity contribution in [3.05, 3.63) is 23.8 Å². The van der Waals surface area contributed by atoms with Crippen LogP contribution in [0.3, 0.4) is 0 Å². The average Bonchev–Trinajstić information content (AvgIpc) is 3.14. The molecular weight excluding hydrogens is 299 g/mol. The van der Waals surface area contributed by atoms with Crippen molar-refractivity contribution in [2.75, 3.05) is 26.2 Å². The summed E-state index contributed by atoms with van der Waals surface area (Å²) in [6.45, 7) is 4.12. The second-order valence-corrected chi connectivity index (χ2v) is 5.35. The van der Waals surface area contributed by atoms with Gasteiger partial charge in [-0.2, -0.15) is 0 Å². The molecule has 1 atom stereocenters. The fourth-order valence-corrected chi connectivity index (χ4v) is 2.94. The highest BCUT2D eigenvalue weighted by molar-refractivity contribution is 5.85. The largest absolute Gasteiger partial charge is 0.508 e. The predicted octanol–water partition coefficient (Wildman–Crippen LogP) is 2.30. The molecule has 6 heteroatoms. The van der Waals surface area contributed by atoms with Gasteiger partial charge in [0.2, 0.25) is 0 Å². The molecule has 4 nitrogen and oxygen atoms in total. The molecule has 3 N–H and O–H groups in total. The van der Waals surface area contributed by atoms with E-state index in [0.717, 1.165) is 31.7 Å². The summed E-state index contributed by atoms with van der Waals surface area (Å²) in [5.74, 6) is 1.00. The molecule has 0 spiro atoms. The summed E-state index contributed by atoms with van der Waals surface area (Å²) < 4.78 is 0. The molecule has 0 aromatic heterocycles. The lowest BCUT2D eigenvalue weighted by Gasteiger charge is -2.35. The number of piperazine rings is 1. The van der Waals surface area contributed by atoms with E-state index >= 15 is 0 Å². The number of nitrogens with one attached hydrogen (secondary N) is 1. The molecule has 2 aliphatic rings. The quantitative estimate of drug-likeness (QED) is 0.800. The smallest absolute Gasteiger partial charge is 0.119 e. The highest BCUT2D eigenvalue weighted by Gasteiger charge is 2.37. The molecule has 0 unspecified atom stereocenters. The first-order chi connectivity index (χ1) is 8.74. The van der Waals surface area contributed by atoms with E-state index in [0.29, 0.717) is 12.0 Å². The van der Waals surface area contributed by atoms with Crippen molar-refractivity contribution in [2.24, 2.45) is 5.92 Å². The van der Waals surface area contributed by atoms with Gasteiger partial charge in [0.1, 0.15) is 11.5 Å². The molecule has 2 fully saturated rings. The molecule has 1 aliphatic carbocycles. The number of rotatable bonds is 3. The average molecular weight is 321 g/mol. The Morgan fingerprint density at radius 3 is 2.05 bits per heavy atom. The van der Waals surface area contributed by atoms with Gasteiger partial charge in [0.05, 0.1) is 0 Å². The number of hydrogen-bond donors (Lipinski definition) is 3. The SMILES string of the molecule is Cl.Cl.Oc1cc(O)cc([C@H](C2CC2)N2CCNCC2)c1. The van der Waals surface area contributed by atoms with Crippen LogP contribution in [0, 0.1) is 5.92 Å². The van der Waals surface area contributed by atoms with E-state index in [-0.39, 0.29) is 36.3 Å². The Labute approximate surface area is 132 Å². The summed E-state index contributed by atoms with van der Waals surface area (Å²) >= 11 is 0. The second-order valence-electron chi connectivity index (χ2n) is 5.35. The third-order valence-electron chi connectivity index (χ3n) is 3.88. The van der Waals surface area contributed by atoms with Crippen molar-refractivity contribution in [3.8, 4) is 11.5 Å². The van der Waals surface area contributed by atoms with Crippen molar-refractivity contribution >= 4 is 24.8 Å². The number of phenolic OH excluding ortho intramolecular Hbond substituents is 2. The molecule has 1 saturated heterocycles. The van der Waals surface area contributed by atoms with E-state index in [1.54, 1.807) is 12.1 Å². The van der Waals surface area contributed by atoms with Crippen LogP contribution < -0.4 is 5.32 Å². The van der Waals surface area contributed by atoms with Crippen molar-refractivity contribution in [1.29, 1.82) is 0 Å². The lowest BCUT2D eigenvalue weighted by molar-refractivity contribution is 0.156. The Morgan fingerprint density at radius 2 is 1.55 bits per heavy atom. The van der Waals surface area contributed by atoms with Crippen LogP contribution in [0.25, 0.3) is 0 Å².